The molecule has 2 rings (SSSR count). The van der Waals surface area contributed by atoms with E-state index < -0.39 is 0 Å². The van der Waals surface area contributed by atoms with E-state index in [1.807, 2.05) is 39.0 Å². The summed E-state index contributed by atoms with van der Waals surface area (Å²) in [5.41, 5.74) is 3.00. The van der Waals surface area contributed by atoms with Gasteiger partial charge in [-0.3, -0.25) is 4.98 Å². The first kappa shape index (κ1) is 13.0. The van der Waals surface area contributed by atoms with Crippen LogP contribution in [0.5, 0.6) is 0 Å². The number of para-hydroxylation sites is 1. The number of nitrogens with one attached hydrogen (secondary N) is 1. The van der Waals surface area contributed by atoms with E-state index in [1.54, 1.807) is 0 Å². The molecule has 0 spiro atoms. The number of hydrogen-bond donors (Lipinski definition) is 2. The largest absolute Gasteiger partial charge is 0.394 e. The maximum absolute atomic E-state index is 9.27. The van der Waals surface area contributed by atoms with Crippen molar-refractivity contribution in [2.24, 2.45) is 0 Å². The summed E-state index contributed by atoms with van der Waals surface area (Å²) in [6, 6.07) is 10.3. The second kappa shape index (κ2) is 5.04. The molecule has 0 radical (unpaired) electrons. The van der Waals surface area contributed by atoms with Gasteiger partial charge in [0.2, 0.25) is 0 Å². The molecule has 0 bridgehead atoms. The predicted octanol–water partition coefficient (Wildman–Crippen LogP) is 2.40. The van der Waals surface area contributed by atoms with Crippen LogP contribution in [0.2, 0.25) is 0 Å². The minimum Gasteiger partial charge on any atom is -0.394 e. The van der Waals surface area contributed by atoms with Gasteiger partial charge in [-0.1, -0.05) is 18.2 Å². The molecule has 1 aromatic carbocycles. The smallest absolute Gasteiger partial charge is 0.0708 e. The predicted molar refractivity (Wildman–Crippen MR) is 74.5 cm³/mol. The normalized spacial score (nSPS) is 12.0. The van der Waals surface area contributed by atoms with Gasteiger partial charge in [0.15, 0.2) is 0 Å². The first-order valence-electron chi connectivity index (χ1n) is 6.23. The maximum Gasteiger partial charge on any atom is 0.0708 e. The van der Waals surface area contributed by atoms with Gasteiger partial charge in [0.05, 0.1) is 12.1 Å². The molecule has 0 saturated carbocycles. The molecule has 1 aromatic heterocycles. The fourth-order valence-electron chi connectivity index (χ4n) is 1.93. The molecule has 3 nitrogen and oxygen atoms in total. The summed E-state index contributed by atoms with van der Waals surface area (Å²) < 4.78 is 0. The van der Waals surface area contributed by atoms with Crippen molar-refractivity contribution in [2.45, 2.75) is 32.9 Å². The van der Waals surface area contributed by atoms with Crippen molar-refractivity contribution < 1.29 is 5.11 Å². The Morgan fingerprint density at radius 3 is 2.72 bits per heavy atom. The van der Waals surface area contributed by atoms with Gasteiger partial charge in [-0.2, -0.15) is 0 Å². The summed E-state index contributed by atoms with van der Waals surface area (Å²) >= 11 is 0. The van der Waals surface area contributed by atoms with Gasteiger partial charge < -0.3 is 10.4 Å². The number of pyridine rings is 1. The molecule has 0 atom stereocenters. The summed E-state index contributed by atoms with van der Waals surface area (Å²) in [6.07, 6.45) is 0. The molecule has 0 aliphatic heterocycles. The van der Waals surface area contributed by atoms with Crippen LogP contribution in [0.15, 0.2) is 30.3 Å². The number of nitrogens with zero attached hydrogens (tertiary/aromatic N) is 1. The second-order valence-electron chi connectivity index (χ2n) is 5.34. The summed E-state index contributed by atoms with van der Waals surface area (Å²) in [4.78, 5) is 4.52. The van der Waals surface area contributed by atoms with Crippen LogP contribution in [-0.2, 0) is 6.54 Å². The van der Waals surface area contributed by atoms with E-state index in [1.165, 1.54) is 10.9 Å². The van der Waals surface area contributed by atoms with Gasteiger partial charge in [-0.15, -0.1) is 0 Å². The number of hydrogen-bond acceptors (Lipinski definition) is 3. The topological polar surface area (TPSA) is 45.1 Å². The average Bonchev–Trinajstić information content (AvgIpc) is 2.36. The molecule has 2 N–H and O–H groups in total. The van der Waals surface area contributed by atoms with E-state index in [9.17, 15) is 5.11 Å². The van der Waals surface area contributed by atoms with E-state index in [-0.39, 0.29) is 12.1 Å². The summed E-state index contributed by atoms with van der Waals surface area (Å²) in [5.74, 6) is 0. The molecule has 1 heterocycles. The van der Waals surface area contributed by atoms with Gasteiger partial charge in [-0.25, -0.2) is 0 Å². The van der Waals surface area contributed by atoms with Crippen LogP contribution in [0.25, 0.3) is 10.9 Å². The van der Waals surface area contributed by atoms with Gasteiger partial charge in [0, 0.05) is 23.2 Å². The van der Waals surface area contributed by atoms with E-state index in [2.05, 4.69) is 22.4 Å². The molecule has 0 aliphatic carbocycles. The molecule has 0 amide bonds. The Kier molecular flexibility index (Phi) is 3.64. The first-order chi connectivity index (χ1) is 8.52. The molecule has 0 unspecified atom stereocenters. The molecular weight excluding hydrogens is 224 g/mol. The first-order valence-corrected chi connectivity index (χ1v) is 6.23. The summed E-state index contributed by atoms with van der Waals surface area (Å²) in [5, 5.41) is 13.8. The lowest BCUT2D eigenvalue weighted by atomic mass is 10.0. The van der Waals surface area contributed by atoms with E-state index in [0.29, 0.717) is 0 Å². The van der Waals surface area contributed by atoms with Gasteiger partial charge >= 0.3 is 0 Å². The molecule has 0 aliphatic rings. The zero-order valence-corrected chi connectivity index (χ0v) is 11.2. The van der Waals surface area contributed by atoms with Crippen LogP contribution in [0, 0.1) is 6.92 Å². The Bertz CT molecular complexity index is 549. The third-order valence-electron chi connectivity index (χ3n) is 3.08. The number of aryl methyl sites for hydroxylation is 1. The maximum atomic E-state index is 9.27. The molecule has 3 heteroatoms. The highest BCUT2D eigenvalue weighted by atomic mass is 16.3. The van der Waals surface area contributed by atoms with E-state index in [0.717, 1.165) is 17.8 Å². The standard InChI is InChI=1S/C15H20N2O/c1-11-8-12(9-16-15(2,3)10-18)13-6-4-5-7-14(13)17-11/h4-8,16,18H,9-10H2,1-3H3. The second-order valence-corrected chi connectivity index (χ2v) is 5.34. The van der Waals surface area contributed by atoms with Gasteiger partial charge in [0.1, 0.15) is 0 Å². The highest BCUT2D eigenvalue weighted by molar-refractivity contribution is 5.82. The molecule has 0 saturated heterocycles. The van der Waals surface area contributed by atoms with Gasteiger partial charge in [0.25, 0.3) is 0 Å². The van der Waals surface area contributed by atoms with Crippen molar-refractivity contribution in [3.8, 4) is 0 Å². The highest BCUT2D eigenvalue weighted by Gasteiger charge is 2.15. The van der Waals surface area contributed by atoms with Crippen molar-refractivity contribution in [2.75, 3.05) is 6.61 Å². The molecule has 18 heavy (non-hydrogen) atoms. The molecule has 0 fully saturated rings. The third-order valence-corrected chi connectivity index (χ3v) is 3.08. The fraction of sp³-hybridized carbons (Fsp3) is 0.400. The number of benzene rings is 1. The lowest BCUT2D eigenvalue weighted by molar-refractivity contribution is 0.187. The number of aliphatic hydroxyl groups is 1. The van der Waals surface area contributed by atoms with Crippen molar-refractivity contribution in [3.05, 3.63) is 41.6 Å². The van der Waals surface area contributed by atoms with Crippen molar-refractivity contribution >= 4 is 10.9 Å². The van der Waals surface area contributed by atoms with Crippen molar-refractivity contribution in [1.82, 2.24) is 10.3 Å². The number of rotatable bonds is 4. The van der Waals surface area contributed by atoms with Crippen molar-refractivity contribution in [1.29, 1.82) is 0 Å². The van der Waals surface area contributed by atoms with Crippen LogP contribution in [0.1, 0.15) is 25.1 Å². The molecule has 96 valence electrons. The van der Waals surface area contributed by atoms with Crippen LogP contribution in [-0.4, -0.2) is 22.2 Å². The Morgan fingerprint density at radius 1 is 1.28 bits per heavy atom. The Labute approximate surface area is 108 Å². The quantitative estimate of drug-likeness (QED) is 0.868. The van der Waals surface area contributed by atoms with Crippen LogP contribution < -0.4 is 5.32 Å². The Balaban J connectivity index is 2.33. The third kappa shape index (κ3) is 2.86. The lowest BCUT2D eigenvalue weighted by Crippen LogP contribution is -2.42. The highest BCUT2D eigenvalue weighted by Crippen LogP contribution is 2.18. The van der Waals surface area contributed by atoms with E-state index >= 15 is 0 Å². The zero-order valence-electron chi connectivity index (χ0n) is 11.2. The monoisotopic (exact) mass is 244 g/mol. The number of aromatic nitrogens is 1. The Morgan fingerprint density at radius 2 is 2.00 bits per heavy atom. The van der Waals surface area contributed by atoms with Crippen LogP contribution in [0.4, 0.5) is 0 Å². The number of fused-ring (bicyclic) bond motifs is 1. The summed E-state index contributed by atoms with van der Waals surface area (Å²) in [6.45, 7) is 6.84. The molecule has 2 aromatic rings. The van der Waals surface area contributed by atoms with Crippen LogP contribution in [0.3, 0.4) is 0 Å². The minimum absolute atomic E-state index is 0.120. The fourth-order valence-corrected chi connectivity index (χ4v) is 1.93. The SMILES string of the molecule is Cc1cc(CNC(C)(C)CO)c2ccccc2n1. The van der Waals surface area contributed by atoms with Crippen LogP contribution >= 0.6 is 0 Å². The minimum atomic E-state index is -0.266. The summed E-state index contributed by atoms with van der Waals surface area (Å²) in [7, 11) is 0. The number of aliphatic hydroxyl groups excluding tert-OH is 1. The average molecular weight is 244 g/mol. The van der Waals surface area contributed by atoms with Crippen molar-refractivity contribution in [3.63, 3.8) is 0 Å². The van der Waals surface area contributed by atoms with E-state index in [4.69, 9.17) is 0 Å². The lowest BCUT2D eigenvalue weighted by Gasteiger charge is -2.24. The van der Waals surface area contributed by atoms with Gasteiger partial charge in [-0.05, 0) is 38.5 Å². The Hall–Kier alpha value is -1.45. The zero-order chi connectivity index (χ0) is 13.2. The molecular formula is C15H20N2O.